The average molecular weight is 255 g/mol. The Kier molecular flexibility index (Phi) is 6.89. The van der Waals surface area contributed by atoms with Crippen LogP contribution >= 0.6 is 11.8 Å². The predicted molar refractivity (Wildman–Crippen MR) is 74.5 cm³/mol. The van der Waals surface area contributed by atoms with Crippen LogP contribution in [0.3, 0.4) is 0 Å². The Morgan fingerprint density at radius 1 is 1.47 bits per heavy atom. The van der Waals surface area contributed by atoms with Crippen molar-refractivity contribution in [3.8, 4) is 5.75 Å². The van der Waals surface area contributed by atoms with E-state index >= 15 is 0 Å². The fraction of sp³-hybridized carbons (Fsp3) is 0.538. The summed E-state index contributed by atoms with van der Waals surface area (Å²) in [7, 11) is 0. The number of ether oxygens (including phenoxy) is 1. The van der Waals surface area contributed by atoms with Crippen LogP contribution in [-0.2, 0) is 0 Å². The Balaban J connectivity index is 2.05. The number of anilines is 1. The van der Waals surface area contributed by atoms with Crippen molar-refractivity contribution < 1.29 is 9.84 Å². The summed E-state index contributed by atoms with van der Waals surface area (Å²) in [5.41, 5.74) is 6.38. The molecule has 1 unspecified atom stereocenters. The normalized spacial score (nSPS) is 12.4. The topological polar surface area (TPSA) is 55.5 Å². The lowest BCUT2D eigenvalue weighted by Gasteiger charge is -2.08. The Bertz CT molecular complexity index is 320. The Morgan fingerprint density at radius 3 is 3.00 bits per heavy atom. The summed E-state index contributed by atoms with van der Waals surface area (Å²) in [5, 5.41) is 8.86. The SMILES string of the molecule is CC(CO)CSCCCOc1cccc(N)c1. The monoisotopic (exact) mass is 255 g/mol. The minimum atomic E-state index is 0.271. The van der Waals surface area contributed by atoms with Crippen LogP contribution in [0.25, 0.3) is 0 Å². The summed E-state index contributed by atoms with van der Waals surface area (Å²) in [6.45, 7) is 3.03. The molecule has 3 nitrogen and oxygen atoms in total. The van der Waals surface area contributed by atoms with Crippen molar-refractivity contribution in [2.45, 2.75) is 13.3 Å². The van der Waals surface area contributed by atoms with E-state index in [0.29, 0.717) is 12.5 Å². The lowest BCUT2D eigenvalue weighted by molar-refractivity contribution is 0.250. The fourth-order valence-electron chi connectivity index (χ4n) is 1.29. The fourth-order valence-corrected chi connectivity index (χ4v) is 2.29. The third-order valence-corrected chi connectivity index (χ3v) is 3.66. The molecule has 1 aromatic rings. The van der Waals surface area contributed by atoms with Gasteiger partial charge in [0.15, 0.2) is 0 Å². The van der Waals surface area contributed by atoms with Gasteiger partial charge in [-0.2, -0.15) is 11.8 Å². The maximum Gasteiger partial charge on any atom is 0.121 e. The first kappa shape index (κ1) is 14.2. The van der Waals surface area contributed by atoms with Crippen molar-refractivity contribution >= 4 is 17.4 Å². The second kappa shape index (κ2) is 8.25. The molecule has 1 rings (SSSR count). The molecule has 0 saturated carbocycles. The van der Waals surface area contributed by atoms with Gasteiger partial charge in [-0.1, -0.05) is 13.0 Å². The highest BCUT2D eigenvalue weighted by molar-refractivity contribution is 7.99. The van der Waals surface area contributed by atoms with Gasteiger partial charge in [-0.3, -0.25) is 0 Å². The van der Waals surface area contributed by atoms with Gasteiger partial charge in [-0.15, -0.1) is 0 Å². The van der Waals surface area contributed by atoms with Crippen LogP contribution in [0.1, 0.15) is 13.3 Å². The molecular weight excluding hydrogens is 234 g/mol. The molecule has 96 valence electrons. The molecule has 0 aromatic heterocycles. The van der Waals surface area contributed by atoms with E-state index in [4.69, 9.17) is 15.6 Å². The van der Waals surface area contributed by atoms with Gasteiger partial charge >= 0.3 is 0 Å². The highest BCUT2D eigenvalue weighted by Crippen LogP contribution is 2.15. The van der Waals surface area contributed by atoms with Gasteiger partial charge in [0.25, 0.3) is 0 Å². The van der Waals surface area contributed by atoms with Crippen molar-refractivity contribution in [1.82, 2.24) is 0 Å². The molecule has 1 atom stereocenters. The third kappa shape index (κ3) is 6.44. The van der Waals surface area contributed by atoms with Crippen LogP contribution in [0.5, 0.6) is 5.75 Å². The van der Waals surface area contributed by atoms with Gasteiger partial charge in [-0.05, 0) is 36.0 Å². The number of nitrogen functional groups attached to an aromatic ring is 1. The van der Waals surface area contributed by atoms with Crippen LogP contribution in [0, 0.1) is 5.92 Å². The summed E-state index contributed by atoms with van der Waals surface area (Å²) < 4.78 is 5.58. The summed E-state index contributed by atoms with van der Waals surface area (Å²) in [6.07, 6.45) is 1.01. The van der Waals surface area contributed by atoms with E-state index in [1.165, 1.54) is 0 Å². The number of aliphatic hydroxyl groups excluding tert-OH is 1. The summed E-state index contributed by atoms with van der Waals surface area (Å²) in [5.74, 6) is 3.29. The van der Waals surface area contributed by atoms with E-state index in [0.717, 1.165) is 29.4 Å². The van der Waals surface area contributed by atoms with Gasteiger partial charge in [-0.25, -0.2) is 0 Å². The molecule has 0 fully saturated rings. The van der Waals surface area contributed by atoms with Crippen molar-refractivity contribution in [1.29, 1.82) is 0 Å². The summed E-state index contributed by atoms with van der Waals surface area (Å²) >= 11 is 1.86. The zero-order valence-electron chi connectivity index (χ0n) is 10.3. The van der Waals surface area contributed by atoms with E-state index in [1.54, 1.807) is 0 Å². The number of aliphatic hydroxyl groups is 1. The molecule has 4 heteroatoms. The maximum atomic E-state index is 8.86. The summed E-state index contributed by atoms with van der Waals surface area (Å²) in [4.78, 5) is 0. The minimum absolute atomic E-state index is 0.271. The highest BCUT2D eigenvalue weighted by atomic mass is 32.2. The van der Waals surface area contributed by atoms with Crippen molar-refractivity contribution in [3.63, 3.8) is 0 Å². The Hall–Kier alpha value is -0.870. The minimum Gasteiger partial charge on any atom is -0.493 e. The molecular formula is C13H21NO2S. The predicted octanol–water partition coefficient (Wildman–Crippen LogP) is 2.40. The van der Waals surface area contributed by atoms with Crippen LogP contribution in [0.2, 0.25) is 0 Å². The van der Waals surface area contributed by atoms with Gasteiger partial charge in [0, 0.05) is 18.4 Å². The van der Waals surface area contributed by atoms with Crippen LogP contribution in [0.15, 0.2) is 24.3 Å². The van der Waals surface area contributed by atoms with Crippen LogP contribution in [0.4, 0.5) is 5.69 Å². The van der Waals surface area contributed by atoms with E-state index in [1.807, 2.05) is 36.0 Å². The van der Waals surface area contributed by atoms with Crippen LogP contribution < -0.4 is 10.5 Å². The van der Waals surface area contributed by atoms with Gasteiger partial charge in [0.1, 0.15) is 5.75 Å². The second-order valence-corrected chi connectivity index (χ2v) is 5.29. The molecule has 0 heterocycles. The molecule has 0 aliphatic heterocycles. The van der Waals surface area contributed by atoms with Gasteiger partial charge in [0.05, 0.1) is 6.61 Å². The molecule has 0 amide bonds. The number of nitrogens with two attached hydrogens (primary N) is 1. The third-order valence-electron chi connectivity index (χ3n) is 2.27. The first-order valence-electron chi connectivity index (χ1n) is 5.89. The first-order chi connectivity index (χ1) is 8.22. The van der Waals surface area contributed by atoms with E-state index < -0.39 is 0 Å². The number of thioether (sulfide) groups is 1. The first-order valence-corrected chi connectivity index (χ1v) is 7.04. The van der Waals surface area contributed by atoms with Gasteiger partial charge in [0.2, 0.25) is 0 Å². The number of benzene rings is 1. The molecule has 0 radical (unpaired) electrons. The van der Waals surface area contributed by atoms with Crippen molar-refractivity contribution in [2.24, 2.45) is 5.92 Å². The molecule has 0 saturated heterocycles. The zero-order valence-corrected chi connectivity index (χ0v) is 11.1. The number of hydrogen-bond acceptors (Lipinski definition) is 4. The quantitative estimate of drug-likeness (QED) is 0.553. The van der Waals surface area contributed by atoms with Crippen molar-refractivity contribution in [2.75, 3.05) is 30.5 Å². The maximum absolute atomic E-state index is 8.86. The van der Waals surface area contributed by atoms with E-state index in [-0.39, 0.29) is 6.61 Å². The van der Waals surface area contributed by atoms with Crippen molar-refractivity contribution in [3.05, 3.63) is 24.3 Å². The molecule has 1 aromatic carbocycles. The molecule has 0 bridgehead atoms. The zero-order chi connectivity index (χ0) is 12.5. The number of rotatable bonds is 8. The van der Waals surface area contributed by atoms with E-state index in [9.17, 15) is 0 Å². The highest BCUT2D eigenvalue weighted by Gasteiger charge is 1.99. The number of hydrogen-bond donors (Lipinski definition) is 2. The summed E-state index contributed by atoms with van der Waals surface area (Å²) in [6, 6.07) is 7.49. The molecule has 0 spiro atoms. The smallest absolute Gasteiger partial charge is 0.121 e. The van der Waals surface area contributed by atoms with E-state index in [2.05, 4.69) is 6.92 Å². The second-order valence-electron chi connectivity index (χ2n) is 4.14. The lowest BCUT2D eigenvalue weighted by Crippen LogP contribution is -2.05. The standard InChI is InChI=1S/C13H21NO2S/c1-11(9-15)10-17-7-3-6-16-13-5-2-4-12(14)8-13/h2,4-5,8,11,15H,3,6-7,9-10,14H2,1H3. The molecule has 3 N–H and O–H groups in total. The molecule has 17 heavy (non-hydrogen) atoms. The van der Waals surface area contributed by atoms with Crippen LogP contribution in [-0.4, -0.2) is 29.8 Å². The molecule has 0 aliphatic carbocycles. The van der Waals surface area contributed by atoms with Gasteiger partial charge < -0.3 is 15.6 Å². The Morgan fingerprint density at radius 2 is 2.29 bits per heavy atom. The lowest BCUT2D eigenvalue weighted by atomic mass is 10.2. The average Bonchev–Trinajstić information content (AvgIpc) is 2.33. The Labute approximate surface area is 107 Å². The molecule has 0 aliphatic rings. The largest absolute Gasteiger partial charge is 0.493 e.